The SMILES string of the molecule is O=C1OC(=O)[C@H]2C1[C@H]1CC2C2(CCC3(C[C@@H]4C[C@@H]3[C@H]3C(=O)OC(=O)C43)C2=O)C1. The topological polar surface area (TPSA) is 104 Å². The summed E-state index contributed by atoms with van der Waals surface area (Å²) in [5.74, 6) is -3.28. The van der Waals surface area contributed by atoms with Gasteiger partial charge in [0.1, 0.15) is 5.78 Å². The van der Waals surface area contributed by atoms with Crippen LogP contribution in [0.1, 0.15) is 38.5 Å². The van der Waals surface area contributed by atoms with E-state index in [1.54, 1.807) is 0 Å². The van der Waals surface area contributed by atoms with Crippen LogP contribution in [0, 0.1) is 58.2 Å². The fourth-order valence-electron chi connectivity index (χ4n) is 9.16. The molecule has 7 fully saturated rings. The Morgan fingerprint density at radius 3 is 1.43 bits per heavy atom. The van der Waals surface area contributed by atoms with Crippen LogP contribution in [0.4, 0.5) is 0 Å². The summed E-state index contributed by atoms with van der Waals surface area (Å²) in [4.78, 5) is 62.8. The van der Waals surface area contributed by atoms with Gasteiger partial charge in [0.2, 0.25) is 0 Å². The van der Waals surface area contributed by atoms with Crippen LogP contribution in [0.15, 0.2) is 0 Å². The number of hydrogen-bond donors (Lipinski definition) is 0. The molecule has 2 aliphatic heterocycles. The number of rotatable bonds is 0. The Labute approximate surface area is 160 Å². The second kappa shape index (κ2) is 4.41. The molecular weight excluding hydrogens is 364 g/mol. The van der Waals surface area contributed by atoms with Gasteiger partial charge in [-0.1, -0.05) is 0 Å². The number of esters is 4. The van der Waals surface area contributed by atoms with Crippen molar-refractivity contribution in [2.45, 2.75) is 38.5 Å². The lowest BCUT2D eigenvalue weighted by molar-refractivity contribution is -0.156. The number of Topliss-reactive ketones (excluding diaryl/α,β-unsaturated/α-hetero) is 1. The third-order valence-corrected chi connectivity index (χ3v) is 9.85. The molecule has 4 bridgehead atoms. The van der Waals surface area contributed by atoms with Crippen LogP contribution >= 0.6 is 0 Å². The molecular formula is C21H20O7. The van der Waals surface area contributed by atoms with E-state index >= 15 is 0 Å². The van der Waals surface area contributed by atoms with Gasteiger partial charge in [-0.25, -0.2) is 0 Å². The van der Waals surface area contributed by atoms with Crippen LogP contribution in [0.2, 0.25) is 0 Å². The van der Waals surface area contributed by atoms with E-state index in [9.17, 15) is 24.0 Å². The summed E-state index contributed by atoms with van der Waals surface area (Å²) in [7, 11) is 0. The van der Waals surface area contributed by atoms with Crippen molar-refractivity contribution in [1.82, 2.24) is 0 Å². The molecule has 2 heterocycles. The highest BCUT2D eigenvalue weighted by atomic mass is 16.6. The quantitative estimate of drug-likeness (QED) is 0.454. The Morgan fingerprint density at radius 2 is 1.00 bits per heavy atom. The van der Waals surface area contributed by atoms with Crippen molar-refractivity contribution >= 4 is 29.7 Å². The molecule has 5 aliphatic carbocycles. The maximum absolute atomic E-state index is 14.0. The predicted octanol–water partition coefficient (Wildman–Crippen LogP) is 1.03. The molecule has 5 unspecified atom stereocenters. The summed E-state index contributed by atoms with van der Waals surface area (Å²) in [6.45, 7) is 0. The molecule has 2 saturated heterocycles. The molecule has 28 heavy (non-hydrogen) atoms. The smallest absolute Gasteiger partial charge is 0.317 e. The third-order valence-electron chi connectivity index (χ3n) is 9.85. The molecule has 0 amide bonds. The molecule has 2 spiro atoms. The first-order valence-corrected chi connectivity index (χ1v) is 10.4. The van der Waals surface area contributed by atoms with E-state index in [1.807, 2.05) is 0 Å². The summed E-state index contributed by atoms with van der Waals surface area (Å²) in [6.07, 6.45) is 4.27. The lowest BCUT2D eigenvalue weighted by Gasteiger charge is -2.41. The van der Waals surface area contributed by atoms with Crippen LogP contribution in [-0.2, 0) is 33.4 Å². The zero-order chi connectivity index (χ0) is 19.2. The summed E-state index contributed by atoms with van der Waals surface area (Å²) in [5.41, 5.74) is -1.11. The van der Waals surface area contributed by atoms with Crippen LogP contribution in [-0.4, -0.2) is 29.7 Å². The number of carbonyl (C=O) groups excluding carboxylic acids is 5. The van der Waals surface area contributed by atoms with Crippen LogP contribution in [0.25, 0.3) is 0 Å². The summed E-state index contributed by atoms with van der Waals surface area (Å²) < 4.78 is 9.82. The van der Waals surface area contributed by atoms with Gasteiger partial charge in [-0.2, -0.15) is 0 Å². The second-order valence-electron chi connectivity index (χ2n) is 10.3. The molecule has 7 rings (SSSR count). The lowest BCUT2D eigenvalue weighted by atomic mass is 9.58. The van der Waals surface area contributed by atoms with Crippen molar-refractivity contribution in [3.63, 3.8) is 0 Å². The Balaban J connectivity index is 1.27. The maximum Gasteiger partial charge on any atom is 0.317 e. The molecule has 7 nitrogen and oxygen atoms in total. The Bertz CT molecular complexity index is 850. The summed E-state index contributed by atoms with van der Waals surface area (Å²) in [5, 5.41) is 0. The van der Waals surface area contributed by atoms with Gasteiger partial charge in [0.15, 0.2) is 0 Å². The van der Waals surface area contributed by atoms with E-state index in [1.165, 1.54) is 0 Å². The number of ketones is 1. The molecule has 146 valence electrons. The highest BCUT2D eigenvalue weighted by Gasteiger charge is 2.78. The largest absolute Gasteiger partial charge is 0.393 e. The first kappa shape index (κ1) is 15.8. The van der Waals surface area contributed by atoms with Crippen molar-refractivity contribution in [2.75, 3.05) is 0 Å². The van der Waals surface area contributed by atoms with E-state index < -0.39 is 46.5 Å². The first-order valence-electron chi connectivity index (χ1n) is 10.4. The van der Waals surface area contributed by atoms with Crippen LogP contribution in [0.5, 0.6) is 0 Å². The van der Waals surface area contributed by atoms with Crippen molar-refractivity contribution in [1.29, 1.82) is 0 Å². The van der Waals surface area contributed by atoms with Gasteiger partial charge in [0, 0.05) is 10.8 Å². The number of cyclic esters (lactones) is 4. The van der Waals surface area contributed by atoms with E-state index in [2.05, 4.69) is 0 Å². The van der Waals surface area contributed by atoms with Gasteiger partial charge in [-0.05, 0) is 62.2 Å². The van der Waals surface area contributed by atoms with Crippen molar-refractivity contribution in [2.24, 2.45) is 58.2 Å². The molecule has 0 radical (unpaired) electrons. The molecule has 10 atom stereocenters. The molecule has 0 aromatic rings. The number of ether oxygens (including phenoxy) is 2. The van der Waals surface area contributed by atoms with E-state index in [0.717, 1.165) is 25.7 Å². The zero-order valence-electron chi connectivity index (χ0n) is 15.2. The monoisotopic (exact) mass is 384 g/mol. The van der Waals surface area contributed by atoms with Crippen molar-refractivity contribution < 1.29 is 33.4 Å². The second-order valence-corrected chi connectivity index (χ2v) is 10.3. The van der Waals surface area contributed by atoms with Crippen LogP contribution < -0.4 is 0 Å². The molecule has 7 heteroatoms. The highest BCUT2D eigenvalue weighted by molar-refractivity contribution is 6.02. The number of carbonyl (C=O) groups is 5. The van der Waals surface area contributed by atoms with Gasteiger partial charge in [-0.3, -0.25) is 24.0 Å². The molecule has 0 N–H and O–H groups in total. The van der Waals surface area contributed by atoms with E-state index in [4.69, 9.17) is 9.47 Å². The van der Waals surface area contributed by atoms with Crippen LogP contribution in [0.3, 0.4) is 0 Å². The standard InChI is InChI=1S/C21H20O7/c22-15-11-7-3-9(13(11)17(24)27-15)20(5-7)1-2-21(19(20)26)6-8-4-10(21)14-12(8)16(23)28-18(14)25/h7-14H,1-6H2/t7-,8-,9+,10?,11?,12?,13+,14+,20?,21?/m0/s1. The number of fused-ring (bicyclic) bond motifs is 12. The van der Waals surface area contributed by atoms with Gasteiger partial charge in [0.25, 0.3) is 0 Å². The average Bonchev–Trinajstić information content (AvgIpc) is 3.46. The Hall–Kier alpha value is -2.05. The number of hydrogen-bond acceptors (Lipinski definition) is 7. The molecule has 0 aromatic heterocycles. The van der Waals surface area contributed by atoms with E-state index in [-0.39, 0.29) is 41.3 Å². The van der Waals surface area contributed by atoms with Gasteiger partial charge >= 0.3 is 23.9 Å². The normalized spacial score (nSPS) is 57.6. The maximum atomic E-state index is 14.0. The van der Waals surface area contributed by atoms with Gasteiger partial charge in [0.05, 0.1) is 23.7 Å². The summed E-state index contributed by atoms with van der Waals surface area (Å²) in [6, 6.07) is 0. The first-order chi connectivity index (χ1) is 13.4. The molecule has 5 saturated carbocycles. The Kier molecular flexibility index (Phi) is 2.49. The highest BCUT2D eigenvalue weighted by Crippen LogP contribution is 2.75. The van der Waals surface area contributed by atoms with Crippen molar-refractivity contribution in [3.05, 3.63) is 0 Å². The fourth-order valence-corrected chi connectivity index (χ4v) is 9.16. The zero-order valence-corrected chi connectivity index (χ0v) is 15.2. The minimum absolute atomic E-state index is 0.0532. The average molecular weight is 384 g/mol. The lowest BCUT2D eigenvalue weighted by Crippen LogP contribution is -2.48. The minimum Gasteiger partial charge on any atom is -0.393 e. The van der Waals surface area contributed by atoms with Crippen molar-refractivity contribution in [3.8, 4) is 0 Å². The molecule has 0 aromatic carbocycles. The van der Waals surface area contributed by atoms with Gasteiger partial charge in [-0.15, -0.1) is 0 Å². The predicted molar refractivity (Wildman–Crippen MR) is 87.7 cm³/mol. The summed E-state index contributed by atoms with van der Waals surface area (Å²) >= 11 is 0. The minimum atomic E-state index is -0.554. The third kappa shape index (κ3) is 1.40. The van der Waals surface area contributed by atoms with E-state index in [0.29, 0.717) is 12.8 Å². The molecule has 7 aliphatic rings. The Morgan fingerprint density at radius 1 is 0.607 bits per heavy atom. The fraction of sp³-hybridized carbons (Fsp3) is 0.762. The van der Waals surface area contributed by atoms with Gasteiger partial charge < -0.3 is 9.47 Å².